The van der Waals surface area contributed by atoms with E-state index in [4.69, 9.17) is 35.6 Å². The Labute approximate surface area is 275 Å². The van der Waals surface area contributed by atoms with E-state index in [1.54, 1.807) is 20.8 Å². The van der Waals surface area contributed by atoms with Crippen LogP contribution in [0.5, 0.6) is 11.5 Å². The highest BCUT2D eigenvalue weighted by atomic mass is 35.5. The highest BCUT2D eigenvalue weighted by molar-refractivity contribution is 7.46. The van der Waals surface area contributed by atoms with Crippen LogP contribution in [0.25, 0.3) is 0 Å². The van der Waals surface area contributed by atoms with E-state index in [2.05, 4.69) is 15.2 Å². The second kappa shape index (κ2) is 14.4. The zero-order valence-electron chi connectivity index (χ0n) is 26.1. The minimum atomic E-state index is -4.77. The third-order valence-electron chi connectivity index (χ3n) is 8.38. The molecule has 3 fully saturated rings. The standard InChI is InChI=1S/C31H38ClF2N2O10P/c1-19-4-5-20(12-23(19)33)44-17-27(38)36-31-10-8-30(9-11-31,35-26(37)16-43-21-6-7-22(32)24(34)13-21)14-25(31)46-28(39)15-29(2,3)18-45-47(40,41)42/h4-7,12-13,25H,8-11,14-18H2,1-3H3,(H,35,37)(H,36,38)(H2,40,41,42)/t25-,30?,31?/m0/s1. The van der Waals surface area contributed by atoms with E-state index in [9.17, 15) is 27.7 Å². The predicted octanol–water partition coefficient (Wildman–Crippen LogP) is 4.51. The van der Waals surface area contributed by atoms with Gasteiger partial charge >= 0.3 is 13.8 Å². The molecule has 2 aromatic carbocycles. The van der Waals surface area contributed by atoms with Crippen LogP contribution >= 0.6 is 19.4 Å². The molecule has 4 N–H and O–H groups in total. The van der Waals surface area contributed by atoms with Gasteiger partial charge in [0.1, 0.15) is 29.2 Å². The maximum absolute atomic E-state index is 14.0. The van der Waals surface area contributed by atoms with Crippen LogP contribution in [0.2, 0.25) is 5.02 Å². The Balaban J connectivity index is 1.45. The summed E-state index contributed by atoms with van der Waals surface area (Å²) in [4.78, 5) is 57.4. The number of fused-ring (bicyclic) bond motifs is 3. The second-order valence-electron chi connectivity index (χ2n) is 12.9. The number of aryl methyl sites for hydroxylation is 1. The molecule has 3 aliphatic rings. The van der Waals surface area contributed by atoms with Gasteiger partial charge in [0.15, 0.2) is 13.2 Å². The Kier molecular flexibility index (Phi) is 11.2. The third-order valence-corrected chi connectivity index (χ3v) is 9.15. The predicted molar refractivity (Wildman–Crippen MR) is 165 cm³/mol. The molecule has 2 bridgehead atoms. The molecule has 0 spiro atoms. The molecule has 3 saturated carbocycles. The van der Waals surface area contributed by atoms with Crippen LogP contribution in [0.4, 0.5) is 8.78 Å². The van der Waals surface area contributed by atoms with Crippen molar-refractivity contribution in [3.8, 4) is 11.5 Å². The lowest BCUT2D eigenvalue weighted by Crippen LogP contribution is -2.71. The number of benzene rings is 2. The molecular formula is C31H38ClF2N2O10P. The number of carbonyl (C=O) groups is 3. The smallest absolute Gasteiger partial charge is 0.469 e. The average molecular weight is 703 g/mol. The number of phosphoric acid groups is 1. The first-order chi connectivity index (χ1) is 21.9. The van der Waals surface area contributed by atoms with Crippen molar-refractivity contribution in [3.63, 3.8) is 0 Å². The van der Waals surface area contributed by atoms with Crippen molar-refractivity contribution in [2.75, 3.05) is 19.8 Å². The molecule has 47 heavy (non-hydrogen) atoms. The summed E-state index contributed by atoms with van der Waals surface area (Å²) in [7, 11) is -4.77. The largest absolute Gasteiger partial charge is 0.484 e. The second-order valence-corrected chi connectivity index (χ2v) is 14.5. The zero-order chi connectivity index (χ0) is 34.6. The molecule has 3 aliphatic carbocycles. The first-order valence-corrected chi connectivity index (χ1v) is 16.8. The minimum absolute atomic E-state index is 0.0884. The van der Waals surface area contributed by atoms with Crippen molar-refractivity contribution >= 4 is 37.2 Å². The number of amides is 2. The summed E-state index contributed by atoms with van der Waals surface area (Å²) in [5.41, 5.74) is -2.40. The molecule has 258 valence electrons. The van der Waals surface area contributed by atoms with Crippen LogP contribution in [0.15, 0.2) is 36.4 Å². The number of esters is 1. The van der Waals surface area contributed by atoms with Crippen molar-refractivity contribution in [3.05, 3.63) is 58.6 Å². The fraction of sp³-hybridized carbons (Fsp3) is 0.516. The number of phosphoric ester groups is 1. The van der Waals surface area contributed by atoms with Crippen LogP contribution in [-0.2, 0) is 28.2 Å². The van der Waals surface area contributed by atoms with Crippen molar-refractivity contribution in [2.45, 2.75) is 76.5 Å². The summed E-state index contributed by atoms with van der Waals surface area (Å²) in [6, 6.07) is 8.04. The lowest BCUT2D eigenvalue weighted by molar-refractivity contribution is -0.169. The van der Waals surface area contributed by atoms with Gasteiger partial charge in [-0.15, -0.1) is 0 Å². The van der Waals surface area contributed by atoms with E-state index < -0.39 is 79.7 Å². The summed E-state index contributed by atoms with van der Waals surface area (Å²) < 4.78 is 60.4. The molecule has 0 heterocycles. The molecular weight excluding hydrogens is 665 g/mol. The van der Waals surface area contributed by atoms with Crippen LogP contribution in [0, 0.1) is 24.0 Å². The zero-order valence-corrected chi connectivity index (χ0v) is 27.8. The van der Waals surface area contributed by atoms with Gasteiger partial charge in [0.05, 0.1) is 23.6 Å². The molecule has 5 rings (SSSR count). The normalized spacial score (nSPS) is 22.3. The third kappa shape index (κ3) is 10.1. The van der Waals surface area contributed by atoms with Gasteiger partial charge in [0.25, 0.3) is 11.8 Å². The number of hydrogen-bond donors (Lipinski definition) is 4. The fourth-order valence-electron chi connectivity index (χ4n) is 5.86. The van der Waals surface area contributed by atoms with Gasteiger partial charge in [0, 0.05) is 24.1 Å². The van der Waals surface area contributed by atoms with Gasteiger partial charge < -0.3 is 34.6 Å². The summed E-state index contributed by atoms with van der Waals surface area (Å²) >= 11 is 5.70. The first-order valence-electron chi connectivity index (χ1n) is 14.9. The van der Waals surface area contributed by atoms with Crippen molar-refractivity contribution in [2.24, 2.45) is 5.41 Å². The maximum atomic E-state index is 14.0. The first kappa shape index (κ1) is 36.5. The highest BCUT2D eigenvalue weighted by Crippen LogP contribution is 2.49. The topological polar surface area (TPSA) is 170 Å². The molecule has 16 heteroatoms. The Morgan fingerprint density at radius 1 is 0.957 bits per heavy atom. The van der Waals surface area contributed by atoms with Crippen LogP contribution < -0.4 is 20.1 Å². The number of halogens is 3. The highest BCUT2D eigenvalue weighted by Gasteiger charge is 2.57. The number of hydrogen-bond acceptors (Lipinski definition) is 8. The summed E-state index contributed by atoms with van der Waals surface area (Å²) in [6.45, 7) is 3.48. The number of nitrogens with one attached hydrogen (secondary N) is 2. The Hall–Kier alpha value is -3.29. The van der Waals surface area contributed by atoms with Crippen LogP contribution in [0.3, 0.4) is 0 Å². The van der Waals surface area contributed by atoms with E-state index in [0.717, 1.165) is 6.07 Å². The van der Waals surface area contributed by atoms with Gasteiger partial charge in [-0.3, -0.25) is 18.9 Å². The van der Waals surface area contributed by atoms with Crippen molar-refractivity contribution < 1.29 is 56.3 Å². The van der Waals surface area contributed by atoms with Crippen molar-refractivity contribution in [1.29, 1.82) is 0 Å². The van der Waals surface area contributed by atoms with E-state index in [-0.39, 0.29) is 29.4 Å². The average Bonchev–Trinajstić information content (AvgIpc) is 2.98. The number of carbonyl (C=O) groups excluding carboxylic acids is 3. The van der Waals surface area contributed by atoms with E-state index in [1.807, 2.05) is 0 Å². The molecule has 12 nitrogen and oxygen atoms in total. The van der Waals surface area contributed by atoms with Crippen LogP contribution in [0.1, 0.15) is 57.9 Å². The van der Waals surface area contributed by atoms with Gasteiger partial charge in [-0.1, -0.05) is 31.5 Å². The van der Waals surface area contributed by atoms with E-state index in [0.29, 0.717) is 31.2 Å². The maximum Gasteiger partial charge on any atom is 0.469 e. The summed E-state index contributed by atoms with van der Waals surface area (Å²) in [5, 5.41) is 5.85. The SMILES string of the molecule is Cc1ccc(OCC(=O)NC23CCC(NC(=O)COc4ccc(Cl)c(F)c4)(CC2)C[C@@H]3OC(=O)CC(C)(C)COP(=O)(O)O)cc1F. The lowest BCUT2D eigenvalue weighted by Gasteiger charge is -2.57. The van der Waals surface area contributed by atoms with Crippen LogP contribution in [-0.4, -0.2) is 64.6 Å². The Morgan fingerprint density at radius 2 is 1.53 bits per heavy atom. The number of rotatable bonds is 14. The molecule has 0 aromatic heterocycles. The van der Waals surface area contributed by atoms with Gasteiger partial charge in [-0.05, 0) is 61.8 Å². The molecule has 2 aromatic rings. The van der Waals surface area contributed by atoms with E-state index in [1.165, 1.54) is 30.3 Å². The lowest BCUT2D eigenvalue weighted by atomic mass is 9.59. The molecule has 0 unspecified atom stereocenters. The molecule has 0 saturated heterocycles. The molecule has 2 amide bonds. The van der Waals surface area contributed by atoms with Gasteiger partial charge in [-0.25, -0.2) is 13.3 Å². The summed E-state index contributed by atoms with van der Waals surface area (Å²) in [6.07, 6.45) is 0.476. The monoisotopic (exact) mass is 702 g/mol. The quantitative estimate of drug-likeness (QED) is 0.162. The van der Waals surface area contributed by atoms with Crippen molar-refractivity contribution in [1.82, 2.24) is 10.6 Å². The molecule has 0 radical (unpaired) electrons. The fourth-order valence-corrected chi connectivity index (χ4v) is 6.50. The molecule has 0 aliphatic heterocycles. The van der Waals surface area contributed by atoms with Gasteiger partial charge in [0.2, 0.25) is 0 Å². The Morgan fingerprint density at radius 3 is 2.11 bits per heavy atom. The summed E-state index contributed by atoms with van der Waals surface area (Å²) in [5.74, 6) is -2.61. The van der Waals surface area contributed by atoms with Gasteiger partial charge in [-0.2, -0.15) is 0 Å². The van der Waals surface area contributed by atoms with E-state index >= 15 is 0 Å². The minimum Gasteiger partial charge on any atom is -0.484 e. The number of ether oxygens (including phenoxy) is 3. The molecule has 1 atom stereocenters. The Bertz CT molecular complexity index is 1540.